The molecule has 0 aliphatic heterocycles. The fraction of sp³-hybridized carbons (Fsp3) is 0.500. The summed E-state index contributed by atoms with van der Waals surface area (Å²) in [6, 6.07) is 3.92. The predicted molar refractivity (Wildman–Crippen MR) is 44.1 cm³/mol. The Hall–Kier alpha value is -0.800. The number of aliphatic hydroxyl groups is 1. The van der Waals surface area contributed by atoms with Gasteiger partial charge in [-0.15, -0.1) is 0 Å². The number of hydrogen-bond acceptors (Lipinski definition) is 2. The van der Waals surface area contributed by atoms with Crippen molar-refractivity contribution in [3.8, 4) is 0 Å². The Morgan fingerprint density at radius 2 is 2.09 bits per heavy atom. The van der Waals surface area contributed by atoms with E-state index in [2.05, 4.69) is 0 Å². The van der Waals surface area contributed by atoms with E-state index in [1.54, 1.807) is 0 Å². The molecule has 0 atom stereocenters. The van der Waals surface area contributed by atoms with Gasteiger partial charge in [0.1, 0.15) is 0 Å². The topological polar surface area (TPSA) is 51.2 Å². The van der Waals surface area contributed by atoms with Crippen molar-refractivity contribution >= 4 is 0 Å². The Labute approximate surface area is 66.4 Å². The molecule has 3 nitrogen and oxygen atoms in total. The average molecular weight is 154 g/mol. The lowest BCUT2D eigenvalue weighted by Crippen LogP contribution is -2.07. The highest BCUT2D eigenvalue weighted by Gasteiger charge is 2.01. The van der Waals surface area contributed by atoms with Crippen molar-refractivity contribution in [3.05, 3.63) is 23.5 Å². The molecule has 1 aromatic rings. The molecule has 62 valence electrons. The molecule has 0 amide bonds. The molecule has 11 heavy (non-hydrogen) atoms. The Morgan fingerprint density at radius 3 is 2.55 bits per heavy atom. The molecule has 0 radical (unpaired) electrons. The number of hydrogen-bond donors (Lipinski definition) is 2. The highest BCUT2D eigenvalue weighted by atomic mass is 16.3. The first-order valence-electron chi connectivity index (χ1n) is 3.74. The third-order valence-corrected chi connectivity index (χ3v) is 1.89. The van der Waals surface area contributed by atoms with Gasteiger partial charge in [0.15, 0.2) is 0 Å². The van der Waals surface area contributed by atoms with E-state index < -0.39 is 0 Å². The average Bonchev–Trinajstić information content (AvgIpc) is 2.34. The van der Waals surface area contributed by atoms with Crippen molar-refractivity contribution in [2.24, 2.45) is 12.8 Å². The first-order chi connectivity index (χ1) is 5.29. The lowest BCUT2D eigenvalue weighted by Gasteiger charge is -2.03. The summed E-state index contributed by atoms with van der Waals surface area (Å²) < 4.78 is 1.98. The zero-order valence-corrected chi connectivity index (χ0v) is 6.75. The van der Waals surface area contributed by atoms with Crippen LogP contribution < -0.4 is 5.73 Å². The summed E-state index contributed by atoms with van der Waals surface area (Å²) in [5.41, 5.74) is 7.52. The van der Waals surface area contributed by atoms with Crippen LogP contribution in [0.2, 0.25) is 0 Å². The van der Waals surface area contributed by atoms with Crippen LogP contribution in [0.3, 0.4) is 0 Å². The number of rotatable bonds is 3. The molecule has 0 spiro atoms. The molecule has 0 aliphatic carbocycles. The second kappa shape index (κ2) is 3.55. The van der Waals surface area contributed by atoms with Crippen molar-refractivity contribution in [1.82, 2.24) is 4.57 Å². The molecule has 1 rings (SSSR count). The van der Waals surface area contributed by atoms with Crippen molar-refractivity contribution in [2.75, 3.05) is 6.54 Å². The van der Waals surface area contributed by atoms with Crippen LogP contribution in [0.5, 0.6) is 0 Å². The molecule has 0 saturated carbocycles. The van der Waals surface area contributed by atoms with E-state index in [4.69, 9.17) is 10.8 Å². The molecular formula is C8H14N2O. The molecule has 3 N–H and O–H groups in total. The van der Waals surface area contributed by atoms with Gasteiger partial charge in [-0.25, -0.2) is 0 Å². The van der Waals surface area contributed by atoms with Gasteiger partial charge in [0.2, 0.25) is 0 Å². The highest BCUT2D eigenvalue weighted by Crippen LogP contribution is 2.06. The maximum absolute atomic E-state index is 8.85. The maximum atomic E-state index is 8.85. The largest absolute Gasteiger partial charge is 0.390 e. The Morgan fingerprint density at radius 1 is 1.45 bits per heavy atom. The number of aromatic nitrogens is 1. The van der Waals surface area contributed by atoms with Crippen LogP contribution in [0.4, 0.5) is 0 Å². The van der Waals surface area contributed by atoms with Crippen LogP contribution in [-0.4, -0.2) is 16.2 Å². The van der Waals surface area contributed by atoms with E-state index in [1.165, 1.54) is 5.69 Å². The highest BCUT2D eigenvalue weighted by molar-refractivity contribution is 5.15. The number of nitrogens with two attached hydrogens (primary N) is 1. The SMILES string of the molecule is Cn1c(CO)ccc1CCN. The molecule has 3 heteroatoms. The maximum Gasteiger partial charge on any atom is 0.0832 e. The minimum Gasteiger partial charge on any atom is -0.390 e. The van der Waals surface area contributed by atoms with Crippen LogP contribution in [-0.2, 0) is 20.1 Å². The molecule has 0 aliphatic rings. The summed E-state index contributed by atoms with van der Waals surface area (Å²) in [7, 11) is 1.94. The third-order valence-electron chi connectivity index (χ3n) is 1.89. The summed E-state index contributed by atoms with van der Waals surface area (Å²) >= 11 is 0. The fourth-order valence-corrected chi connectivity index (χ4v) is 1.16. The normalized spacial score (nSPS) is 10.5. The molecule has 0 fully saturated rings. The van der Waals surface area contributed by atoms with Gasteiger partial charge in [-0.2, -0.15) is 0 Å². The molecule has 0 unspecified atom stereocenters. The summed E-state index contributed by atoms with van der Waals surface area (Å²) in [6.45, 7) is 0.754. The predicted octanol–water partition coefficient (Wildman–Crippen LogP) is 0.0186. The quantitative estimate of drug-likeness (QED) is 0.644. The molecular weight excluding hydrogens is 140 g/mol. The number of nitrogens with zero attached hydrogens (tertiary/aromatic N) is 1. The summed E-state index contributed by atoms with van der Waals surface area (Å²) in [6.07, 6.45) is 0.872. The molecule has 1 aromatic heterocycles. The Kier molecular flexibility index (Phi) is 2.68. The fourth-order valence-electron chi connectivity index (χ4n) is 1.16. The van der Waals surface area contributed by atoms with Gasteiger partial charge in [-0.3, -0.25) is 0 Å². The van der Waals surface area contributed by atoms with Crippen LogP contribution in [0.15, 0.2) is 12.1 Å². The second-order valence-electron chi connectivity index (χ2n) is 2.57. The summed E-state index contributed by atoms with van der Waals surface area (Å²) in [5, 5.41) is 8.85. The van der Waals surface area contributed by atoms with Gasteiger partial charge in [0, 0.05) is 18.4 Å². The molecule has 1 heterocycles. The van der Waals surface area contributed by atoms with E-state index >= 15 is 0 Å². The van der Waals surface area contributed by atoms with E-state index in [0.717, 1.165) is 12.1 Å². The molecule has 0 bridgehead atoms. The zero-order chi connectivity index (χ0) is 8.27. The van der Waals surface area contributed by atoms with E-state index in [-0.39, 0.29) is 6.61 Å². The molecule has 0 saturated heterocycles. The monoisotopic (exact) mass is 154 g/mol. The van der Waals surface area contributed by atoms with Gasteiger partial charge in [-0.05, 0) is 25.1 Å². The minimum absolute atomic E-state index is 0.0983. The molecule has 0 aromatic carbocycles. The second-order valence-corrected chi connectivity index (χ2v) is 2.57. The van der Waals surface area contributed by atoms with Crippen LogP contribution in [0, 0.1) is 0 Å². The summed E-state index contributed by atoms with van der Waals surface area (Å²) in [5.74, 6) is 0. The van der Waals surface area contributed by atoms with Gasteiger partial charge in [0.05, 0.1) is 6.61 Å². The standard InChI is InChI=1S/C8H14N2O/c1-10-7(4-5-9)2-3-8(10)6-11/h2-3,11H,4-6,9H2,1H3. The van der Waals surface area contributed by atoms with Crippen LogP contribution in [0.25, 0.3) is 0 Å². The van der Waals surface area contributed by atoms with Crippen LogP contribution in [0.1, 0.15) is 11.4 Å². The minimum atomic E-state index is 0.0983. The smallest absolute Gasteiger partial charge is 0.0832 e. The zero-order valence-electron chi connectivity index (χ0n) is 6.75. The summed E-state index contributed by atoms with van der Waals surface area (Å²) in [4.78, 5) is 0. The lowest BCUT2D eigenvalue weighted by atomic mass is 10.3. The van der Waals surface area contributed by atoms with E-state index in [1.807, 2.05) is 23.7 Å². The van der Waals surface area contributed by atoms with Crippen molar-refractivity contribution < 1.29 is 5.11 Å². The van der Waals surface area contributed by atoms with Crippen molar-refractivity contribution in [3.63, 3.8) is 0 Å². The third kappa shape index (κ3) is 1.61. The van der Waals surface area contributed by atoms with Crippen molar-refractivity contribution in [1.29, 1.82) is 0 Å². The Balaban J connectivity index is 2.82. The van der Waals surface area contributed by atoms with Gasteiger partial charge < -0.3 is 15.4 Å². The van der Waals surface area contributed by atoms with Gasteiger partial charge in [0.25, 0.3) is 0 Å². The first-order valence-corrected chi connectivity index (χ1v) is 3.74. The van der Waals surface area contributed by atoms with Crippen LogP contribution >= 0.6 is 0 Å². The van der Waals surface area contributed by atoms with Gasteiger partial charge >= 0.3 is 0 Å². The lowest BCUT2D eigenvalue weighted by molar-refractivity contribution is 0.272. The number of aliphatic hydroxyl groups excluding tert-OH is 1. The van der Waals surface area contributed by atoms with E-state index in [9.17, 15) is 0 Å². The Bertz CT molecular complexity index is 230. The first kappa shape index (κ1) is 8.30. The van der Waals surface area contributed by atoms with Gasteiger partial charge in [-0.1, -0.05) is 0 Å². The van der Waals surface area contributed by atoms with E-state index in [0.29, 0.717) is 6.54 Å². The van der Waals surface area contributed by atoms with Crippen molar-refractivity contribution in [2.45, 2.75) is 13.0 Å².